The van der Waals surface area contributed by atoms with E-state index in [1.54, 1.807) is 11.8 Å². The average molecular weight is 355 g/mol. The van der Waals surface area contributed by atoms with E-state index in [1.807, 2.05) is 27.7 Å². The van der Waals surface area contributed by atoms with Gasteiger partial charge in [-0.3, -0.25) is 19.3 Å². The van der Waals surface area contributed by atoms with Crippen LogP contribution in [0.3, 0.4) is 0 Å². The van der Waals surface area contributed by atoms with Gasteiger partial charge in [-0.15, -0.1) is 0 Å². The highest BCUT2D eigenvalue weighted by Crippen LogP contribution is 2.13. The van der Waals surface area contributed by atoms with E-state index in [2.05, 4.69) is 19.2 Å². The maximum absolute atomic E-state index is 12.2. The molecule has 0 aromatic carbocycles. The standard InChI is InChI=1S/C20H38N2O3/c1-14(2)19(24)12-22(13-20(25)15(3)4)18(17(7)23)10-8-9-11-21-16(5)6/h14-16,18,21H,8-13H2,1-7H3. The molecule has 0 aromatic rings. The number of carbonyl (C=O) groups excluding carboxylic acids is 3. The Kier molecular flexibility index (Phi) is 11.8. The highest BCUT2D eigenvalue weighted by Gasteiger charge is 2.27. The monoisotopic (exact) mass is 354 g/mol. The highest BCUT2D eigenvalue weighted by molar-refractivity contribution is 5.88. The van der Waals surface area contributed by atoms with E-state index in [-0.39, 0.29) is 48.3 Å². The van der Waals surface area contributed by atoms with Crippen LogP contribution in [0.15, 0.2) is 0 Å². The van der Waals surface area contributed by atoms with Gasteiger partial charge in [-0.1, -0.05) is 48.0 Å². The number of hydrogen-bond acceptors (Lipinski definition) is 5. The molecule has 0 amide bonds. The zero-order valence-electron chi connectivity index (χ0n) is 17.2. The van der Waals surface area contributed by atoms with Crippen LogP contribution in [-0.4, -0.2) is 54.0 Å². The van der Waals surface area contributed by atoms with Gasteiger partial charge in [-0.05, 0) is 26.3 Å². The molecule has 0 aromatic heterocycles. The Morgan fingerprint density at radius 2 is 1.32 bits per heavy atom. The van der Waals surface area contributed by atoms with Crippen molar-refractivity contribution in [2.75, 3.05) is 19.6 Å². The number of nitrogens with one attached hydrogen (secondary N) is 1. The number of rotatable bonds is 14. The van der Waals surface area contributed by atoms with E-state index in [0.717, 1.165) is 19.4 Å². The summed E-state index contributed by atoms with van der Waals surface area (Å²) >= 11 is 0. The van der Waals surface area contributed by atoms with Crippen molar-refractivity contribution in [3.05, 3.63) is 0 Å². The second-order valence-corrected chi connectivity index (χ2v) is 7.88. The summed E-state index contributed by atoms with van der Waals surface area (Å²) in [6.45, 7) is 14.4. The third-order valence-electron chi connectivity index (χ3n) is 4.37. The normalized spacial score (nSPS) is 13.1. The van der Waals surface area contributed by atoms with E-state index < -0.39 is 0 Å². The van der Waals surface area contributed by atoms with E-state index in [9.17, 15) is 14.4 Å². The van der Waals surface area contributed by atoms with Gasteiger partial charge in [0.25, 0.3) is 0 Å². The van der Waals surface area contributed by atoms with Gasteiger partial charge < -0.3 is 5.32 Å². The van der Waals surface area contributed by atoms with Crippen molar-refractivity contribution in [3.8, 4) is 0 Å². The Morgan fingerprint density at radius 3 is 1.68 bits per heavy atom. The lowest BCUT2D eigenvalue weighted by atomic mass is 10.00. The molecular weight excluding hydrogens is 316 g/mol. The molecule has 146 valence electrons. The van der Waals surface area contributed by atoms with Crippen molar-refractivity contribution < 1.29 is 14.4 Å². The zero-order chi connectivity index (χ0) is 19.6. The number of ketones is 3. The van der Waals surface area contributed by atoms with Crippen LogP contribution in [0.1, 0.15) is 67.7 Å². The molecule has 25 heavy (non-hydrogen) atoms. The van der Waals surface area contributed by atoms with Gasteiger partial charge in [0.15, 0.2) is 0 Å². The van der Waals surface area contributed by atoms with Gasteiger partial charge in [0.05, 0.1) is 19.1 Å². The summed E-state index contributed by atoms with van der Waals surface area (Å²) in [6.07, 6.45) is 2.56. The van der Waals surface area contributed by atoms with Crippen molar-refractivity contribution >= 4 is 17.3 Å². The van der Waals surface area contributed by atoms with Gasteiger partial charge in [0.2, 0.25) is 0 Å². The molecule has 0 saturated carbocycles. The van der Waals surface area contributed by atoms with Crippen LogP contribution in [0, 0.1) is 11.8 Å². The number of unbranched alkanes of at least 4 members (excludes halogenated alkanes) is 1. The van der Waals surface area contributed by atoms with Gasteiger partial charge >= 0.3 is 0 Å². The molecule has 0 fully saturated rings. The third kappa shape index (κ3) is 10.5. The fourth-order valence-electron chi connectivity index (χ4n) is 2.54. The van der Waals surface area contributed by atoms with Crippen LogP contribution >= 0.6 is 0 Å². The van der Waals surface area contributed by atoms with Gasteiger partial charge in [0, 0.05) is 17.9 Å². The first-order valence-electron chi connectivity index (χ1n) is 9.59. The van der Waals surface area contributed by atoms with Crippen LogP contribution < -0.4 is 5.32 Å². The van der Waals surface area contributed by atoms with Crippen molar-refractivity contribution in [2.24, 2.45) is 11.8 Å². The molecule has 0 aliphatic heterocycles. The Bertz CT molecular complexity index is 409. The lowest BCUT2D eigenvalue weighted by Crippen LogP contribution is -2.47. The fraction of sp³-hybridized carbons (Fsp3) is 0.850. The van der Waals surface area contributed by atoms with E-state index >= 15 is 0 Å². The third-order valence-corrected chi connectivity index (χ3v) is 4.37. The Hall–Kier alpha value is -1.07. The number of hydrogen-bond donors (Lipinski definition) is 1. The Labute approximate surface area is 153 Å². The van der Waals surface area contributed by atoms with Crippen LogP contribution in [0.5, 0.6) is 0 Å². The molecule has 0 heterocycles. The SMILES string of the molecule is CC(=O)C(CCCCNC(C)C)N(CC(=O)C(C)C)CC(=O)C(C)C. The molecule has 0 aliphatic rings. The molecule has 5 heteroatoms. The van der Waals surface area contributed by atoms with Crippen molar-refractivity contribution in [1.82, 2.24) is 10.2 Å². The van der Waals surface area contributed by atoms with Crippen LogP contribution in [-0.2, 0) is 14.4 Å². The van der Waals surface area contributed by atoms with Crippen molar-refractivity contribution in [2.45, 2.75) is 79.8 Å². The summed E-state index contributed by atoms with van der Waals surface area (Å²) in [5.41, 5.74) is 0. The molecule has 0 saturated heterocycles. The second-order valence-electron chi connectivity index (χ2n) is 7.88. The van der Waals surface area contributed by atoms with E-state index in [4.69, 9.17) is 0 Å². The van der Waals surface area contributed by atoms with Gasteiger partial charge in [0.1, 0.15) is 17.3 Å². The first-order chi connectivity index (χ1) is 11.6. The quantitative estimate of drug-likeness (QED) is 0.486. The van der Waals surface area contributed by atoms with Crippen LogP contribution in [0.2, 0.25) is 0 Å². The summed E-state index contributed by atoms with van der Waals surface area (Å²) in [6, 6.07) is 0.0943. The first-order valence-corrected chi connectivity index (χ1v) is 9.59. The van der Waals surface area contributed by atoms with Crippen LogP contribution in [0.25, 0.3) is 0 Å². The van der Waals surface area contributed by atoms with Crippen LogP contribution in [0.4, 0.5) is 0 Å². The lowest BCUT2D eigenvalue weighted by molar-refractivity contribution is -0.130. The van der Waals surface area contributed by atoms with Gasteiger partial charge in [-0.2, -0.15) is 0 Å². The molecular formula is C20H38N2O3. The van der Waals surface area contributed by atoms with Crippen molar-refractivity contribution in [1.29, 1.82) is 0 Å². The first kappa shape index (κ1) is 23.9. The predicted molar refractivity (Wildman–Crippen MR) is 103 cm³/mol. The Morgan fingerprint density at radius 1 is 0.840 bits per heavy atom. The molecule has 1 unspecified atom stereocenters. The molecule has 0 rings (SSSR count). The summed E-state index contributed by atoms with van der Waals surface area (Å²) in [5.74, 6) is -0.0162. The molecule has 5 nitrogen and oxygen atoms in total. The topological polar surface area (TPSA) is 66.5 Å². The van der Waals surface area contributed by atoms with Gasteiger partial charge in [-0.25, -0.2) is 0 Å². The second kappa shape index (κ2) is 12.3. The van der Waals surface area contributed by atoms with E-state index in [0.29, 0.717) is 12.5 Å². The summed E-state index contributed by atoms with van der Waals surface area (Å²) in [5, 5.41) is 3.37. The fourth-order valence-corrected chi connectivity index (χ4v) is 2.54. The largest absolute Gasteiger partial charge is 0.315 e. The average Bonchev–Trinajstić information content (AvgIpc) is 2.49. The highest BCUT2D eigenvalue weighted by atomic mass is 16.1. The molecule has 0 aliphatic carbocycles. The van der Waals surface area contributed by atoms with Crippen molar-refractivity contribution in [3.63, 3.8) is 0 Å². The minimum Gasteiger partial charge on any atom is -0.315 e. The predicted octanol–water partition coefficient (Wildman–Crippen LogP) is 2.86. The molecule has 0 radical (unpaired) electrons. The lowest BCUT2D eigenvalue weighted by Gasteiger charge is -2.30. The van der Waals surface area contributed by atoms with E-state index in [1.165, 1.54) is 0 Å². The smallest absolute Gasteiger partial charge is 0.149 e. The molecule has 0 bridgehead atoms. The number of nitrogens with zero attached hydrogens (tertiary/aromatic N) is 1. The zero-order valence-corrected chi connectivity index (χ0v) is 17.2. The summed E-state index contributed by atoms with van der Waals surface area (Å²) in [7, 11) is 0. The molecule has 1 N–H and O–H groups in total. The summed E-state index contributed by atoms with van der Waals surface area (Å²) < 4.78 is 0. The molecule has 0 spiro atoms. The Balaban J connectivity index is 4.92. The number of carbonyl (C=O) groups is 3. The minimum absolute atomic E-state index is 0.0323. The minimum atomic E-state index is -0.357. The summed E-state index contributed by atoms with van der Waals surface area (Å²) in [4.78, 5) is 38.4. The molecule has 1 atom stereocenters. The number of Topliss-reactive ketones (excluding diaryl/α,β-unsaturated/α-hetero) is 3. The maximum atomic E-state index is 12.2. The maximum Gasteiger partial charge on any atom is 0.149 e.